The van der Waals surface area contributed by atoms with Crippen molar-refractivity contribution in [1.82, 2.24) is 14.6 Å². The summed E-state index contributed by atoms with van der Waals surface area (Å²) in [7, 11) is 0. The van der Waals surface area contributed by atoms with E-state index in [9.17, 15) is 14.6 Å². The molecule has 0 amide bonds. The van der Waals surface area contributed by atoms with Crippen LogP contribution in [0.5, 0.6) is 5.88 Å². The van der Waals surface area contributed by atoms with Crippen molar-refractivity contribution < 1.29 is 24.4 Å². The fraction of sp³-hybridized carbons (Fsp3) is 0.444. The SMILES string of the molecule is Cc1nc2sc([C@H](c3ccccc3F)[NH+]3CC[NH+](CCO)CC3)c(O)n2n1. The van der Waals surface area contributed by atoms with Gasteiger partial charge in [0.2, 0.25) is 10.8 Å². The van der Waals surface area contributed by atoms with Crippen LogP contribution < -0.4 is 9.80 Å². The number of halogens is 1. The molecule has 27 heavy (non-hydrogen) atoms. The molecule has 0 bridgehead atoms. The van der Waals surface area contributed by atoms with E-state index >= 15 is 0 Å². The zero-order valence-corrected chi connectivity index (χ0v) is 16.0. The molecule has 4 rings (SSSR count). The molecule has 3 aromatic rings. The first-order chi connectivity index (χ1) is 13.1. The Kier molecular flexibility index (Phi) is 5.09. The van der Waals surface area contributed by atoms with Crippen LogP contribution in [0.25, 0.3) is 4.96 Å². The lowest BCUT2D eigenvalue weighted by Gasteiger charge is -2.34. The van der Waals surface area contributed by atoms with Crippen molar-refractivity contribution in [3.05, 3.63) is 46.3 Å². The normalized spacial score (nSPS) is 21.6. The number of benzene rings is 1. The van der Waals surface area contributed by atoms with E-state index in [0.29, 0.717) is 21.2 Å². The first-order valence-electron chi connectivity index (χ1n) is 9.17. The number of aliphatic hydroxyl groups is 1. The Morgan fingerprint density at radius 1 is 1.26 bits per heavy atom. The lowest BCUT2D eigenvalue weighted by Crippen LogP contribution is -3.28. The third-order valence-electron chi connectivity index (χ3n) is 5.26. The number of quaternary nitrogens is 2. The van der Waals surface area contributed by atoms with Gasteiger partial charge in [0.05, 0.1) is 12.2 Å². The van der Waals surface area contributed by atoms with E-state index in [1.54, 1.807) is 19.1 Å². The molecule has 1 aromatic carbocycles. The summed E-state index contributed by atoms with van der Waals surface area (Å²) in [5.74, 6) is 0.371. The average molecular weight is 393 g/mol. The first kappa shape index (κ1) is 18.3. The number of aromatic nitrogens is 3. The van der Waals surface area contributed by atoms with Crippen molar-refractivity contribution in [2.45, 2.75) is 13.0 Å². The van der Waals surface area contributed by atoms with E-state index in [2.05, 4.69) is 10.1 Å². The number of rotatable bonds is 5. The van der Waals surface area contributed by atoms with Crippen LogP contribution >= 0.6 is 11.3 Å². The largest absolute Gasteiger partial charge is 0.492 e. The molecule has 1 aliphatic heterocycles. The van der Waals surface area contributed by atoms with Gasteiger partial charge < -0.3 is 20.0 Å². The Morgan fingerprint density at radius 2 is 2.00 bits per heavy atom. The number of hydrogen-bond acceptors (Lipinski definition) is 5. The Balaban J connectivity index is 1.73. The third-order valence-corrected chi connectivity index (χ3v) is 6.34. The van der Waals surface area contributed by atoms with Gasteiger partial charge in [-0.15, -0.1) is 5.10 Å². The fourth-order valence-corrected chi connectivity index (χ4v) is 5.09. The molecule has 2 aromatic heterocycles. The summed E-state index contributed by atoms with van der Waals surface area (Å²) in [4.78, 5) is 8.22. The van der Waals surface area contributed by atoms with Gasteiger partial charge in [0.1, 0.15) is 49.2 Å². The molecule has 4 N–H and O–H groups in total. The highest BCUT2D eigenvalue weighted by Crippen LogP contribution is 2.35. The molecule has 0 radical (unpaired) electrons. The molecule has 0 spiro atoms. The monoisotopic (exact) mass is 393 g/mol. The predicted molar refractivity (Wildman–Crippen MR) is 98.9 cm³/mol. The van der Waals surface area contributed by atoms with Crippen molar-refractivity contribution in [2.75, 3.05) is 39.3 Å². The van der Waals surface area contributed by atoms with Gasteiger partial charge in [-0.3, -0.25) is 0 Å². The lowest BCUT2D eigenvalue weighted by molar-refractivity contribution is -1.02. The quantitative estimate of drug-likeness (QED) is 0.440. The second-order valence-corrected chi connectivity index (χ2v) is 7.99. The minimum absolute atomic E-state index is 0.0430. The summed E-state index contributed by atoms with van der Waals surface area (Å²) in [5.41, 5.74) is 0.578. The Hall–Kier alpha value is -2.07. The summed E-state index contributed by atoms with van der Waals surface area (Å²) in [5, 5.41) is 24.2. The molecule has 9 heteroatoms. The van der Waals surface area contributed by atoms with Crippen molar-refractivity contribution in [3.63, 3.8) is 0 Å². The summed E-state index contributed by atoms with van der Waals surface area (Å²) in [6.07, 6.45) is 0. The van der Waals surface area contributed by atoms with Crippen molar-refractivity contribution >= 4 is 16.3 Å². The highest BCUT2D eigenvalue weighted by Gasteiger charge is 2.37. The van der Waals surface area contributed by atoms with Gasteiger partial charge in [-0.2, -0.15) is 4.52 Å². The number of aliphatic hydroxyl groups excluding tert-OH is 1. The molecular weight excluding hydrogens is 369 g/mol. The van der Waals surface area contributed by atoms with Gasteiger partial charge in [0, 0.05) is 0 Å². The number of thiazole rings is 1. The highest BCUT2D eigenvalue weighted by molar-refractivity contribution is 7.17. The zero-order chi connectivity index (χ0) is 19.0. The standard InChI is InChI=1S/C18H22FN5O2S/c1-12-20-18-24(21-12)17(26)16(27-18)15(13-4-2-3-5-14(13)19)23-8-6-22(7-9-23)10-11-25/h2-5,15,25-26H,6-11H2,1H3/p+2/t15-/m0/s1. The molecular formula is C18H24FN5O2S+2. The Bertz CT molecular complexity index is 935. The fourth-order valence-electron chi connectivity index (χ4n) is 3.91. The Labute approximate surface area is 160 Å². The second-order valence-electron chi connectivity index (χ2n) is 6.98. The topological polar surface area (TPSA) is 79.5 Å². The summed E-state index contributed by atoms with van der Waals surface area (Å²) >= 11 is 1.37. The number of fused-ring (bicyclic) bond motifs is 1. The van der Waals surface area contributed by atoms with Crippen LogP contribution in [0, 0.1) is 12.7 Å². The van der Waals surface area contributed by atoms with Crippen LogP contribution in [0.15, 0.2) is 24.3 Å². The lowest BCUT2D eigenvalue weighted by atomic mass is 10.0. The van der Waals surface area contributed by atoms with Crippen molar-refractivity contribution in [3.8, 4) is 5.88 Å². The van der Waals surface area contributed by atoms with E-state index in [-0.39, 0.29) is 24.3 Å². The number of hydrogen-bond donors (Lipinski definition) is 4. The number of aromatic hydroxyl groups is 1. The van der Waals surface area contributed by atoms with E-state index in [1.807, 2.05) is 6.07 Å². The van der Waals surface area contributed by atoms with Crippen LogP contribution in [0.3, 0.4) is 0 Å². The maximum Gasteiger partial charge on any atom is 0.235 e. The molecule has 0 saturated carbocycles. The van der Waals surface area contributed by atoms with E-state index in [4.69, 9.17) is 0 Å². The van der Waals surface area contributed by atoms with E-state index in [0.717, 1.165) is 32.7 Å². The van der Waals surface area contributed by atoms with Crippen LogP contribution in [0.4, 0.5) is 4.39 Å². The summed E-state index contributed by atoms with van der Waals surface area (Å²) in [6, 6.07) is 6.46. The number of piperazine rings is 1. The highest BCUT2D eigenvalue weighted by atomic mass is 32.1. The van der Waals surface area contributed by atoms with Crippen LogP contribution in [0.2, 0.25) is 0 Å². The van der Waals surface area contributed by atoms with Gasteiger partial charge in [0.15, 0.2) is 6.04 Å². The number of nitrogens with one attached hydrogen (secondary N) is 2. The smallest absolute Gasteiger partial charge is 0.235 e. The number of nitrogens with zero attached hydrogens (tertiary/aromatic N) is 3. The molecule has 0 aliphatic carbocycles. The van der Waals surface area contributed by atoms with Gasteiger partial charge in [-0.25, -0.2) is 9.37 Å². The third kappa shape index (κ3) is 3.43. The molecule has 0 unspecified atom stereocenters. The van der Waals surface area contributed by atoms with Crippen molar-refractivity contribution in [1.29, 1.82) is 0 Å². The molecule has 1 saturated heterocycles. The van der Waals surface area contributed by atoms with Crippen LogP contribution in [-0.2, 0) is 0 Å². The molecule has 144 valence electrons. The average Bonchev–Trinajstić information content (AvgIpc) is 3.16. The molecule has 1 fully saturated rings. The van der Waals surface area contributed by atoms with Gasteiger partial charge in [0.25, 0.3) is 0 Å². The maximum atomic E-state index is 14.7. The molecule has 3 heterocycles. The molecule has 1 aliphatic rings. The van der Waals surface area contributed by atoms with Gasteiger partial charge >= 0.3 is 0 Å². The Morgan fingerprint density at radius 3 is 2.67 bits per heavy atom. The molecule has 7 nitrogen and oxygen atoms in total. The summed E-state index contributed by atoms with van der Waals surface area (Å²) in [6.45, 7) is 6.17. The number of aryl methyl sites for hydroxylation is 1. The molecule has 1 atom stereocenters. The first-order valence-corrected chi connectivity index (χ1v) is 9.98. The van der Waals surface area contributed by atoms with Gasteiger partial charge in [-0.1, -0.05) is 23.5 Å². The van der Waals surface area contributed by atoms with E-state index < -0.39 is 0 Å². The van der Waals surface area contributed by atoms with E-state index in [1.165, 1.54) is 31.7 Å². The minimum Gasteiger partial charge on any atom is -0.492 e. The minimum atomic E-state index is -0.310. The summed E-state index contributed by atoms with van der Waals surface area (Å²) < 4.78 is 16.1. The van der Waals surface area contributed by atoms with Crippen LogP contribution in [0.1, 0.15) is 22.3 Å². The predicted octanol–water partition coefficient (Wildman–Crippen LogP) is -1.19. The zero-order valence-electron chi connectivity index (χ0n) is 15.2. The van der Waals surface area contributed by atoms with Gasteiger partial charge in [-0.05, 0) is 19.1 Å². The second kappa shape index (κ2) is 7.51. The maximum absolute atomic E-state index is 14.7. The van der Waals surface area contributed by atoms with Crippen molar-refractivity contribution in [2.24, 2.45) is 0 Å². The van der Waals surface area contributed by atoms with Crippen LogP contribution in [-0.4, -0.2) is 64.1 Å².